The van der Waals surface area contributed by atoms with Crippen molar-refractivity contribution in [1.29, 1.82) is 0 Å². The Bertz CT molecular complexity index is 481. The summed E-state index contributed by atoms with van der Waals surface area (Å²) in [6, 6.07) is 2.14. The van der Waals surface area contributed by atoms with Crippen molar-refractivity contribution in [1.82, 2.24) is 15.5 Å². The van der Waals surface area contributed by atoms with Gasteiger partial charge in [-0.3, -0.25) is 4.90 Å². The number of nitrogens with one attached hydrogen (secondary N) is 2. The molecule has 2 amide bonds. The minimum atomic E-state index is -0.187. The van der Waals surface area contributed by atoms with Gasteiger partial charge in [0.05, 0.1) is 3.79 Å². The third kappa shape index (κ3) is 4.75. The Kier molecular flexibility index (Phi) is 5.09. The fourth-order valence-electron chi connectivity index (χ4n) is 2.24. The number of fused-ring (bicyclic) bond motifs is 1. The lowest BCUT2D eigenvalue weighted by Gasteiger charge is -2.27. The van der Waals surface area contributed by atoms with Gasteiger partial charge in [-0.1, -0.05) is 0 Å². The summed E-state index contributed by atoms with van der Waals surface area (Å²) in [5, 5.41) is 5.82. The summed E-state index contributed by atoms with van der Waals surface area (Å²) in [5.41, 5.74) is 1.28. The van der Waals surface area contributed by atoms with Crippen LogP contribution in [0.3, 0.4) is 0 Å². The average Bonchev–Trinajstić information content (AvgIpc) is 2.66. The molecule has 0 saturated carbocycles. The van der Waals surface area contributed by atoms with Gasteiger partial charge in [0.1, 0.15) is 0 Å². The Morgan fingerprint density at radius 3 is 2.95 bits per heavy atom. The molecule has 0 aliphatic carbocycles. The molecule has 1 aromatic heterocycles. The molecule has 2 N–H and O–H groups in total. The molecule has 1 aliphatic rings. The fourth-order valence-corrected chi connectivity index (χ4v) is 4.08. The Labute approximate surface area is 133 Å². The molecule has 20 heavy (non-hydrogen) atoms. The lowest BCUT2D eigenvalue weighted by molar-refractivity contribution is 0.224. The van der Waals surface area contributed by atoms with Crippen LogP contribution in [0.25, 0.3) is 0 Å². The van der Waals surface area contributed by atoms with Gasteiger partial charge in [0.2, 0.25) is 0 Å². The predicted molar refractivity (Wildman–Crippen MR) is 87.3 cm³/mol. The fraction of sp³-hybridized carbons (Fsp3) is 0.643. The van der Waals surface area contributed by atoms with Crippen molar-refractivity contribution in [3.05, 3.63) is 20.3 Å². The first kappa shape index (κ1) is 15.8. The third-order valence-corrected chi connectivity index (χ3v) is 4.80. The van der Waals surface area contributed by atoms with Crippen molar-refractivity contribution in [2.75, 3.05) is 19.6 Å². The van der Waals surface area contributed by atoms with E-state index < -0.39 is 0 Å². The number of carbonyl (C=O) groups excluding carboxylic acids is 1. The highest BCUT2D eigenvalue weighted by atomic mass is 79.9. The molecular formula is C14H22BrN3OS. The number of thiophene rings is 1. The summed E-state index contributed by atoms with van der Waals surface area (Å²) < 4.78 is 1.21. The van der Waals surface area contributed by atoms with E-state index in [2.05, 4.69) is 37.5 Å². The average molecular weight is 360 g/mol. The second-order valence-corrected chi connectivity index (χ2v) is 8.67. The number of urea groups is 1. The number of nitrogens with zero attached hydrogens (tertiary/aromatic N) is 1. The number of rotatable bonds is 3. The van der Waals surface area contributed by atoms with Crippen LogP contribution < -0.4 is 10.6 Å². The number of carbonyl (C=O) groups is 1. The molecule has 2 rings (SSSR count). The van der Waals surface area contributed by atoms with Gasteiger partial charge in [0.25, 0.3) is 0 Å². The zero-order valence-electron chi connectivity index (χ0n) is 12.3. The molecule has 4 nitrogen and oxygen atoms in total. The summed E-state index contributed by atoms with van der Waals surface area (Å²) in [6.07, 6.45) is 1.10. The summed E-state index contributed by atoms with van der Waals surface area (Å²) >= 11 is 5.36. The molecule has 0 atom stereocenters. The maximum atomic E-state index is 11.7. The van der Waals surface area contributed by atoms with Gasteiger partial charge in [-0.25, -0.2) is 4.79 Å². The standard InChI is InChI=1S/C14H22BrN3OS/c1-14(2,3)17-13(19)16-5-7-18-6-4-10-8-12(15)20-11(10)9-18/h8H,4-7,9H2,1-3H3,(H2,16,17,19). The monoisotopic (exact) mass is 359 g/mol. The summed E-state index contributed by atoms with van der Waals surface area (Å²) in [6.45, 7) is 9.58. The highest BCUT2D eigenvalue weighted by molar-refractivity contribution is 9.11. The molecule has 0 saturated heterocycles. The molecule has 1 aromatic rings. The smallest absolute Gasteiger partial charge is 0.315 e. The highest BCUT2D eigenvalue weighted by Crippen LogP contribution is 2.31. The molecule has 0 radical (unpaired) electrons. The molecule has 6 heteroatoms. The van der Waals surface area contributed by atoms with Gasteiger partial charge in [-0.15, -0.1) is 11.3 Å². The van der Waals surface area contributed by atoms with Crippen molar-refractivity contribution in [2.45, 2.75) is 39.3 Å². The minimum absolute atomic E-state index is 0.0888. The van der Waals surface area contributed by atoms with Crippen LogP contribution in [0.1, 0.15) is 31.2 Å². The Morgan fingerprint density at radius 2 is 2.25 bits per heavy atom. The van der Waals surface area contributed by atoms with Crippen molar-refractivity contribution < 1.29 is 4.79 Å². The highest BCUT2D eigenvalue weighted by Gasteiger charge is 2.19. The van der Waals surface area contributed by atoms with Gasteiger partial charge in [-0.05, 0) is 54.8 Å². The van der Waals surface area contributed by atoms with E-state index in [1.54, 1.807) is 0 Å². The molecule has 112 valence electrons. The predicted octanol–water partition coefficient (Wildman–Crippen LogP) is 2.97. The van der Waals surface area contributed by atoms with Crippen molar-refractivity contribution >= 4 is 33.3 Å². The molecule has 2 heterocycles. The van der Waals surface area contributed by atoms with Crippen LogP contribution in [-0.2, 0) is 13.0 Å². The number of halogens is 1. The lowest BCUT2D eigenvalue weighted by Crippen LogP contribution is -2.48. The van der Waals surface area contributed by atoms with Crippen LogP contribution in [0.2, 0.25) is 0 Å². The zero-order chi connectivity index (χ0) is 14.8. The maximum Gasteiger partial charge on any atom is 0.315 e. The largest absolute Gasteiger partial charge is 0.337 e. The van der Waals surface area contributed by atoms with Crippen molar-refractivity contribution in [3.63, 3.8) is 0 Å². The quantitative estimate of drug-likeness (QED) is 0.871. The summed E-state index contributed by atoms with van der Waals surface area (Å²) in [5.74, 6) is 0. The maximum absolute atomic E-state index is 11.7. The Balaban J connectivity index is 1.72. The zero-order valence-corrected chi connectivity index (χ0v) is 14.7. The SMILES string of the molecule is CC(C)(C)NC(=O)NCCN1CCc2cc(Br)sc2C1. The van der Waals surface area contributed by atoms with Crippen LogP contribution >= 0.6 is 27.3 Å². The first-order chi connectivity index (χ1) is 9.33. The second kappa shape index (κ2) is 6.45. The van der Waals surface area contributed by atoms with E-state index in [1.165, 1.54) is 14.2 Å². The molecule has 0 aromatic carbocycles. The lowest BCUT2D eigenvalue weighted by atomic mass is 10.1. The molecule has 0 bridgehead atoms. The van der Waals surface area contributed by atoms with E-state index in [0.717, 1.165) is 26.1 Å². The normalized spacial score (nSPS) is 15.8. The van der Waals surface area contributed by atoms with Crippen molar-refractivity contribution in [2.24, 2.45) is 0 Å². The van der Waals surface area contributed by atoms with Gasteiger partial charge in [0.15, 0.2) is 0 Å². The Morgan fingerprint density at radius 1 is 1.50 bits per heavy atom. The second-order valence-electron chi connectivity index (χ2n) is 6.16. The Hall–Kier alpha value is -0.590. The minimum Gasteiger partial charge on any atom is -0.337 e. The van der Waals surface area contributed by atoms with E-state index in [1.807, 2.05) is 32.1 Å². The molecule has 0 spiro atoms. The topological polar surface area (TPSA) is 44.4 Å². The molecular weight excluding hydrogens is 338 g/mol. The van der Waals surface area contributed by atoms with Gasteiger partial charge < -0.3 is 10.6 Å². The van der Waals surface area contributed by atoms with Crippen LogP contribution in [-0.4, -0.2) is 36.1 Å². The van der Waals surface area contributed by atoms with Gasteiger partial charge >= 0.3 is 6.03 Å². The molecule has 0 unspecified atom stereocenters. The molecule has 0 fully saturated rings. The van der Waals surface area contributed by atoms with Crippen LogP contribution in [0, 0.1) is 0 Å². The van der Waals surface area contributed by atoms with E-state index in [-0.39, 0.29) is 11.6 Å². The summed E-state index contributed by atoms with van der Waals surface area (Å²) in [4.78, 5) is 15.5. The first-order valence-corrected chi connectivity index (χ1v) is 8.50. The number of hydrogen-bond acceptors (Lipinski definition) is 3. The van der Waals surface area contributed by atoms with E-state index in [0.29, 0.717) is 6.54 Å². The van der Waals surface area contributed by atoms with Crippen molar-refractivity contribution in [3.8, 4) is 0 Å². The van der Waals surface area contributed by atoms with Crippen LogP contribution in [0.15, 0.2) is 9.85 Å². The van der Waals surface area contributed by atoms with Crippen LogP contribution in [0.5, 0.6) is 0 Å². The van der Waals surface area contributed by atoms with Crippen LogP contribution in [0.4, 0.5) is 4.79 Å². The molecule has 1 aliphatic heterocycles. The van der Waals surface area contributed by atoms with Gasteiger partial charge in [-0.2, -0.15) is 0 Å². The summed E-state index contributed by atoms with van der Waals surface area (Å²) in [7, 11) is 0. The van der Waals surface area contributed by atoms with Gasteiger partial charge in [0, 0.05) is 36.6 Å². The first-order valence-electron chi connectivity index (χ1n) is 6.89. The van der Waals surface area contributed by atoms with E-state index in [9.17, 15) is 4.79 Å². The number of amides is 2. The number of hydrogen-bond donors (Lipinski definition) is 2. The van der Waals surface area contributed by atoms with E-state index in [4.69, 9.17) is 0 Å². The van der Waals surface area contributed by atoms with E-state index >= 15 is 0 Å². The third-order valence-electron chi connectivity index (χ3n) is 3.13.